The molecule has 4 heteroatoms. The fraction of sp³-hybridized carbons (Fsp3) is 0.429. The number of hydrogen-bond donors (Lipinski definition) is 1. The molecule has 1 nitrogen and oxygen atoms in total. The molecule has 0 fully saturated rings. The van der Waals surface area contributed by atoms with E-state index in [1.165, 1.54) is 0 Å². The van der Waals surface area contributed by atoms with Crippen molar-refractivity contribution in [3.05, 3.63) is 47.3 Å². The SMILES string of the molecule is Fc1cc(F)c(CNCC2CC=CCC2)cc1F. The van der Waals surface area contributed by atoms with Crippen LogP contribution in [-0.4, -0.2) is 6.54 Å². The average molecular weight is 255 g/mol. The Labute approximate surface area is 105 Å². The van der Waals surface area contributed by atoms with Crippen LogP contribution in [0.4, 0.5) is 13.2 Å². The van der Waals surface area contributed by atoms with E-state index in [9.17, 15) is 13.2 Å². The molecule has 0 saturated carbocycles. The van der Waals surface area contributed by atoms with Gasteiger partial charge in [-0.15, -0.1) is 0 Å². The Bertz CT molecular complexity index is 443. The van der Waals surface area contributed by atoms with Crippen molar-refractivity contribution in [2.45, 2.75) is 25.8 Å². The number of nitrogens with one attached hydrogen (secondary N) is 1. The van der Waals surface area contributed by atoms with Crippen LogP contribution in [0.5, 0.6) is 0 Å². The summed E-state index contributed by atoms with van der Waals surface area (Å²) in [5, 5.41) is 3.10. The van der Waals surface area contributed by atoms with Gasteiger partial charge in [-0.1, -0.05) is 12.2 Å². The summed E-state index contributed by atoms with van der Waals surface area (Å²) in [6, 6.07) is 1.51. The first kappa shape index (κ1) is 13.1. The highest BCUT2D eigenvalue weighted by Crippen LogP contribution is 2.18. The van der Waals surface area contributed by atoms with Crippen LogP contribution in [0, 0.1) is 23.4 Å². The minimum absolute atomic E-state index is 0.167. The maximum atomic E-state index is 13.3. The molecule has 1 aromatic carbocycles. The highest BCUT2D eigenvalue weighted by molar-refractivity contribution is 5.19. The van der Waals surface area contributed by atoms with Crippen LogP contribution in [0.1, 0.15) is 24.8 Å². The maximum Gasteiger partial charge on any atom is 0.161 e. The zero-order valence-corrected chi connectivity index (χ0v) is 10.1. The van der Waals surface area contributed by atoms with Crippen LogP contribution >= 0.6 is 0 Å². The number of allylic oxidation sites excluding steroid dienone is 2. The van der Waals surface area contributed by atoms with Gasteiger partial charge in [0.25, 0.3) is 0 Å². The highest BCUT2D eigenvalue weighted by Gasteiger charge is 2.12. The first-order valence-corrected chi connectivity index (χ1v) is 6.16. The van der Waals surface area contributed by atoms with Gasteiger partial charge in [0.15, 0.2) is 11.6 Å². The van der Waals surface area contributed by atoms with Gasteiger partial charge < -0.3 is 5.32 Å². The summed E-state index contributed by atoms with van der Waals surface area (Å²) in [5.41, 5.74) is 0.167. The van der Waals surface area contributed by atoms with Crippen molar-refractivity contribution >= 4 is 0 Å². The molecule has 1 aromatic rings. The quantitative estimate of drug-likeness (QED) is 0.641. The minimum atomic E-state index is -1.14. The molecule has 98 valence electrons. The molecule has 0 heterocycles. The molecule has 0 amide bonds. The predicted octanol–water partition coefficient (Wildman–Crippen LogP) is 3.55. The molecule has 0 radical (unpaired) electrons. The number of hydrogen-bond acceptors (Lipinski definition) is 1. The molecule has 0 saturated heterocycles. The van der Waals surface area contributed by atoms with E-state index in [2.05, 4.69) is 17.5 Å². The largest absolute Gasteiger partial charge is 0.312 e. The van der Waals surface area contributed by atoms with Gasteiger partial charge in [-0.2, -0.15) is 0 Å². The Morgan fingerprint density at radius 1 is 1.06 bits per heavy atom. The standard InChI is InChI=1S/C14H16F3N/c15-12-7-14(17)13(16)6-11(12)9-18-8-10-4-2-1-3-5-10/h1-2,6-7,10,18H,3-5,8-9H2. The van der Waals surface area contributed by atoms with Gasteiger partial charge in [0, 0.05) is 18.2 Å². The molecule has 0 aromatic heterocycles. The van der Waals surface area contributed by atoms with Gasteiger partial charge in [0.2, 0.25) is 0 Å². The monoisotopic (exact) mass is 255 g/mol. The lowest BCUT2D eigenvalue weighted by Gasteiger charge is -2.18. The fourth-order valence-electron chi connectivity index (χ4n) is 2.15. The molecule has 2 rings (SSSR count). The molecule has 1 atom stereocenters. The van der Waals surface area contributed by atoms with E-state index in [4.69, 9.17) is 0 Å². The third-order valence-corrected chi connectivity index (χ3v) is 3.22. The van der Waals surface area contributed by atoms with Crippen molar-refractivity contribution in [1.82, 2.24) is 5.32 Å². The van der Waals surface area contributed by atoms with Crippen LogP contribution in [0.25, 0.3) is 0 Å². The smallest absolute Gasteiger partial charge is 0.161 e. The maximum absolute atomic E-state index is 13.3. The van der Waals surface area contributed by atoms with Crippen molar-refractivity contribution in [3.63, 3.8) is 0 Å². The Morgan fingerprint density at radius 2 is 1.83 bits per heavy atom. The lowest BCUT2D eigenvalue weighted by Crippen LogP contribution is -2.23. The second kappa shape index (κ2) is 6.05. The summed E-state index contributed by atoms with van der Waals surface area (Å²) in [5.74, 6) is -2.31. The van der Waals surface area contributed by atoms with Gasteiger partial charge >= 0.3 is 0 Å². The fourth-order valence-corrected chi connectivity index (χ4v) is 2.15. The van der Waals surface area contributed by atoms with Crippen molar-refractivity contribution in [1.29, 1.82) is 0 Å². The summed E-state index contributed by atoms with van der Waals surface area (Å²) in [7, 11) is 0. The van der Waals surface area contributed by atoms with Crippen LogP contribution in [0.3, 0.4) is 0 Å². The Morgan fingerprint density at radius 3 is 2.56 bits per heavy atom. The Hall–Kier alpha value is -1.29. The molecule has 1 aliphatic carbocycles. The van der Waals surface area contributed by atoms with Crippen molar-refractivity contribution in [2.24, 2.45) is 5.92 Å². The summed E-state index contributed by atoms with van der Waals surface area (Å²) in [6.45, 7) is 0.992. The van der Waals surface area contributed by atoms with Gasteiger partial charge in [-0.05, 0) is 37.8 Å². The van der Waals surface area contributed by atoms with E-state index in [0.29, 0.717) is 12.0 Å². The molecule has 1 aliphatic rings. The third-order valence-electron chi connectivity index (χ3n) is 3.22. The molecule has 1 unspecified atom stereocenters. The van der Waals surface area contributed by atoms with Crippen LogP contribution in [0.2, 0.25) is 0 Å². The van der Waals surface area contributed by atoms with Crippen LogP contribution < -0.4 is 5.32 Å². The molecule has 0 spiro atoms. The summed E-state index contributed by atoms with van der Waals surface area (Å²) >= 11 is 0. The van der Waals surface area contributed by atoms with E-state index in [0.717, 1.165) is 31.9 Å². The van der Waals surface area contributed by atoms with E-state index in [-0.39, 0.29) is 12.1 Å². The minimum Gasteiger partial charge on any atom is -0.312 e. The van der Waals surface area contributed by atoms with E-state index in [1.807, 2.05) is 0 Å². The number of halogens is 3. The van der Waals surface area contributed by atoms with Gasteiger partial charge in [0.1, 0.15) is 5.82 Å². The van der Waals surface area contributed by atoms with Crippen molar-refractivity contribution < 1.29 is 13.2 Å². The lowest BCUT2D eigenvalue weighted by molar-refractivity contribution is 0.434. The average Bonchev–Trinajstić information content (AvgIpc) is 2.37. The zero-order chi connectivity index (χ0) is 13.0. The molecule has 0 aliphatic heterocycles. The normalized spacial score (nSPS) is 19.2. The Kier molecular flexibility index (Phi) is 4.42. The first-order chi connectivity index (χ1) is 8.66. The second-order valence-corrected chi connectivity index (χ2v) is 4.64. The number of rotatable bonds is 4. The number of benzene rings is 1. The van der Waals surface area contributed by atoms with E-state index in [1.54, 1.807) is 0 Å². The first-order valence-electron chi connectivity index (χ1n) is 6.16. The Balaban J connectivity index is 1.86. The van der Waals surface area contributed by atoms with E-state index < -0.39 is 17.5 Å². The van der Waals surface area contributed by atoms with Gasteiger partial charge in [0.05, 0.1) is 0 Å². The second-order valence-electron chi connectivity index (χ2n) is 4.64. The lowest BCUT2D eigenvalue weighted by atomic mass is 9.94. The van der Waals surface area contributed by atoms with Crippen LogP contribution in [-0.2, 0) is 6.54 Å². The highest BCUT2D eigenvalue weighted by atomic mass is 19.2. The van der Waals surface area contributed by atoms with Crippen LogP contribution in [0.15, 0.2) is 24.3 Å². The summed E-state index contributed by atoms with van der Waals surface area (Å²) < 4.78 is 39.0. The molecular weight excluding hydrogens is 239 g/mol. The van der Waals surface area contributed by atoms with E-state index >= 15 is 0 Å². The van der Waals surface area contributed by atoms with Gasteiger partial charge in [-0.25, -0.2) is 13.2 Å². The molecule has 18 heavy (non-hydrogen) atoms. The molecule has 0 bridgehead atoms. The molecule has 1 N–H and O–H groups in total. The summed E-state index contributed by atoms with van der Waals surface area (Å²) in [4.78, 5) is 0. The van der Waals surface area contributed by atoms with Crippen molar-refractivity contribution in [3.8, 4) is 0 Å². The summed E-state index contributed by atoms with van der Waals surface area (Å²) in [6.07, 6.45) is 7.52. The predicted molar refractivity (Wildman–Crippen MR) is 64.5 cm³/mol. The topological polar surface area (TPSA) is 12.0 Å². The molecular formula is C14H16F3N. The zero-order valence-electron chi connectivity index (χ0n) is 10.1. The third kappa shape index (κ3) is 3.35. The van der Waals surface area contributed by atoms with Crippen molar-refractivity contribution in [2.75, 3.05) is 6.54 Å². The van der Waals surface area contributed by atoms with Gasteiger partial charge in [-0.3, -0.25) is 0 Å².